The molecule has 0 aliphatic carbocycles. The van der Waals surface area contributed by atoms with Crippen molar-refractivity contribution in [1.29, 1.82) is 0 Å². The number of carbonyl (C=O) groups is 1. The minimum absolute atomic E-state index is 0.234. The van der Waals surface area contributed by atoms with Crippen molar-refractivity contribution in [1.82, 2.24) is 4.98 Å². The summed E-state index contributed by atoms with van der Waals surface area (Å²) < 4.78 is 13.7. The van der Waals surface area contributed by atoms with Gasteiger partial charge in [0.2, 0.25) is 0 Å². The van der Waals surface area contributed by atoms with Crippen molar-refractivity contribution in [3.8, 4) is 0 Å². The molecule has 0 unspecified atom stereocenters. The fourth-order valence-corrected chi connectivity index (χ4v) is 2.02. The standard InChI is InChI=1S/C15H16FN3O2/c1-19(7-5-10-4-2-3-6-18-10)14-9-12(16)11(15(20)21)8-13(14)17/h2-4,6,8-9H,5,7,17H2,1H3,(H,20,21). The van der Waals surface area contributed by atoms with E-state index in [0.29, 0.717) is 18.7 Å². The Hall–Kier alpha value is -2.63. The summed E-state index contributed by atoms with van der Waals surface area (Å²) in [6, 6.07) is 7.94. The number of anilines is 2. The van der Waals surface area contributed by atoms with Gasteiger partial charge in [-0.3, -0.25) is 4.98 Å². The summed E-state index contributed by atoms with van der Waals surface area (Å²) in [6.07, 6.45) is 2.39. The second-order valence-corrected chi connectivity index (χ2v) is 4.69. The number of aromatic nitrogens is 1. The van der Waals surface area contributed by atoms with E-state index in [4.69, 9.17) is 10.8 Å². The molecule has 6 heteroatoms. The summed E-state index contributed by atoms with van der Waals surface area (Å²) in [7, 11) is 1.77. The molecule has 0 spiro atoms. The maximum absolute atomic E-state index is 13.7. The van der Waals surface area contributed by atoms with Crippen LogP contribution in [0.1, 0.15) is 16.1 Å². The monoisotopic (exact) mass is 289 g/mol. The number of hydrogen-bond acceptors (Lipinski definition) is 4. The third-order valence-electron chi connectivity index (χ3n) is 3.19. The van der Waals surface area contributed by atoms with Crippen molar-refractivity contribution in [2.24, 2.45) is 0 Å². The van der Waals surface area contributed by atoms with E-state index in [2.05, 4.69) is 4.98 Å². The van der Waals surface area contributed by atoms with Gasteiger partial charge in [0.1, 0.15) is 5.82 Å². The second-order valence-electron chi connectivity index (χ2n) is 4.69. The van der Waals surface area contributed by atoms with Gasteiger partial charge in [0.05, 0.1) is 16.9 Å². The van der Waals surface area contributed by atoms with E-state index in [1.807, 2.05) is 18.2 Å². The Morgan fingerprint density at radius 1 is 1.43 bits per heavy atom. The molecule has 1 aromatic carbocycles. The predicted molar refractivity (Wildman–Crippen MR) is 79.0 cm³/mol. The molecule has 110 valence electrons. The Kier molecular flexibility index (Phi) is 4.37. The highest BCUT2D eigenvalue weighted by Crippen LogP contribution is 2.26. The number of rotatable bonds is 5. The van der Waals surface area contributed by atoms with Crippen LogP contribution >= 0.6 is 0 Å². The zero-order valence-corrected chi connectivity index (χ0v) is 11.6. The van der Waals surface area contributed by atoms with Gasteiger partial charge < -0.3 is 15.7 Å². The molecule has 0 aliphatic rings. The molecule has 2 aromatic rings. The largest absolute Gasteiger partial charge is 0.478 e. The maximum Gasteiger partial charge on any atom is 0.338 e. The van der Waals surface area contributed by atoms with Gasteiger partial charge in [0.15, 0.2) is 0 Å². The molecule has 0 amide bonds. The molecule has 21 heavy (non-hydrogen) atoms. The van der Waals surface area contributed by atoms with Gasteiger partial charge in [-0.15, -0.1) is 0 Å². The number of nitrogens with zero attached hydrogens (tertiary/aromatic N) is 2. The van der Waals surface area contributed by atoms with Crippen LogP contribution < -0.4 is 10.6 Å². The number of nitrogens with two attached hydrogens (primary N) is 1. The SMILES string of the molecule is CN(CCc1ccccn1)c1cc(F)c(C(=O)O)cc1N. The molecule has 0 saturated heterocycles. The van der Waals surface area contributed by atoms with Crippen LogP contribution in [0.2, 0.25) is 0 Å². The van der Waals surface area contributed by atoms with Crippen LogP contribution in [-0.2, 0) is 6.42 Å². The average molecular weight is 289 g/mol. The molecule has 0 saturated carbocycles. The first-order valence-corrected chi connectivity index (χ1v) is 6.42. The molecule has 0 radical (unpaired) electrons. The minimum atomic E-state index is -1.33. The third kappa shape index (κ3) is 3.47. The number of pyridine rings is 1. The molecular formula is C15H16FN3O2. The molecule has 0 aliphatic heterocycles. The molecule has 1 aromatic heterocycles. The van der Waals surface area contributed by atoms with E-state index in [1.54, 1.807) is 18.1 Å². The van der Waals surface area contributed by atoms with Crippen LogP contribution in [0.15, 0.2) is 36.5 Å². The van der Waals surface area contributed by atoms with Gasteiger partial charge in [0, 0.05) is 38.0 Å². The van der Waals surface area contributed by atoms with Crippen molar-refractivity contribution >= 4 is 17.3 Å². The van der Waals surface area contributed by atoms with Gasteiger partial charge in [-0.05, 0) is 18.2 Å². The zero-order valence-electron chi connectivity index (χ0n) is 11.6. The Bertz CT molecular complexity index is 647. The van der Waals surface area contributed by atoms with Gasteiger partial charge >= 0.3 is 5.97 Å². The summed E-state index contributed by atoms with van der Waals surface area (Å²) in [6.45, 7) is 0.590. The topological polar surface area (TPSA) is 79.5 Å². The number of aromatic carboxylic acids is 1. The number of hydrogen-bond donors (Lipinski definition) is 2. The quantitative estimate of drug-likeness (QED) is 0.825. The molecule has 5 nitrogen and oxygen atoms in total. The van der Waals surface area contributed by atoms with Crippen molar-refractivity contribution < 1.29 is 14.3 Å². The fraction of sp³-hybridized carbons (Fsp3) is 0.200. The van der Waals surface area contributed by atoms with Crippen molar-refractivity contribution in [2.75, 3.05) is 24.2 Å². The van der Waals surface area contributed by atoms with Gasteiger partial charge in [0.25, 0.3) is 0 Å². The van der Waals surface area contributed by atoms with E-state index in [9.17, 15) is 9.18 Å². The van der Waals surface area contributed by atoms with E-state index in [-0.39, 0.29) is 5.69 Å². The minimum Gasteiger partial charge on any atom is -0.478 e. The lowest BCUT2D eigenvalue weighted by molar-refractivity contribution is 0.0692. The number of carboxylic acid groups (broad SMARTS) is 1. The first kappa shape index (κ1) is 14.8. The number of nitrogen functional groups attached to an aromatic ring is 1. The Morgan fingerprint density at radius 3 is 2.81 bits per heavy atom. The zero-order chi connectivity index (χ0) is 15.4. The van der Waals surface area contributed by atoms with Crippen LogP contribution in [0, 0.1) is 5.82 Å². The third-order valence-corrected chi connectivity index (χ3v) is 3.19. The lowest BCUT2D eigenvalue weighted by atomic mass is 10.1. The second kappa shape index (κ2) is 6.21. The normalized spacial score (nSPS) is 10.4. The van der Waals surface area contributed by atoms with Crippen LogP contribution in [0.5, 0.6) is 0 Å². The summed E-state index contributed by atoms with van der Waals surface area (Å²) in [5.74, 6) is -2.13. The molecule has 1 heterocycles. The van der Waals surface area contributed by atoms with E-state index < -0.39 is 17.3 Å². The van der Waals surface area contributed by atoms with E-state index in [1.165, 1.54) is 0 Å². The van der Waals surface area contributed by atoms with Crippen LogP contribution in [0.25, 0.3) is 0 Å². The lowest BCUT2D eigenvalue weighted by Crippen LogP contribution is -2.22. The van der Waals surface area contributed by atoms with E-state index in [0.717, 1.165) is 17.8 Å². The van der Waals surface area contributed by atoms with E-state index >= 15 is 0 Å². The van der Waals surface area contributed by atoms with Crippen LogP contribution in [0.3, 0.4) is 0 Å². The van der Waals surface area contributed by atoms with Crippen molar-refractivity contribution in [2.45, 2.75) is 6.42 Å². The molecular weight excluding hydrogens is 273 g/mol. The summed E-state index contributed by atoms with van der Waals surface area (Å²) in [4.78, 5) is 16.8. The summed E-state index contributed by atoms with van der Waals surface area (Å²) >= 11 is 0. The summed E-state index contributed by atoms with van der Waals surface area (Å²) in [5.41, 5.74) is 7.01. The number of halogens is 1. The Morgan fingerprint density at radius 2 is 2.19 bits per heavy atom. The Labute approximate surface area is 121 Å². The van der Waals surface area contributed by atoms with Crippen LogP contribution in [-0.4, -0.2) is 29.7 Å². The lowest BCUT2D eigenvalue weighted by Gasteiger charge is -2.21. The molecule has 2 rings (SSSR count). The maximum atomic E-state index is 13.7. The highest BCUT2D eigenvalue weighted by Gasteiger charge is 2.15. The number of carboxylic acids is 1. The van der Waals surface area contributed by atoms with Gasteiger partial charge in [-0.2, -0.15) is 0 Å². The highest BCUT2D eigenvalue weighted by molar-refractivity contribution is 5.90. The van der Waals surface area contributed by atoms with Gasteiger partial charge in [-0.25, -0.2) is 9.18 Å². The summed E-state index contributed by atoms with van der Waals surface area (Å²) in [5, 5.41) is 8.85. The molecule has 0 atom stereocenters. The van der Waals surface area contributed by atoms with Crippen LogP contribution in [0.4, 0.5) is 15.8 Å². The average Bonchev–Trinajstić information content (AvgIpc) is 2.47. The van der Waals surface area contributed by atoms with Crippen molar-refractivity contribution in [3.63, 3.8) is 0 Å². The highest BCUT2D eigenvalue weighted by atomic mass is 19.1. The Balaban J connectivity index is 2.14. The number of benzene rings is 1. The number of likely N-dealkylation sites (N-methyl/N-ethyl adjacent to an activating group) is 1. The first-order chi connectivity index (χ1) is 9.99. The predicted octanol–water partition coefficient (Wildman–Crippen LogP) is 2.18. The first-order valence-electron chi connectivity index (χ1n) is 6.42. The fourth-order valence-electron chi connectivity index (χ4n) is 2.02. The molecule has 0 fully saturated rings. The van der Waals surface area contributed by atoms with Gasteiger partial charge in [-0.1, -0.05) is 6.07 Å². The molecule has 3 N–H and O–H groups in total. The smallest absolute Gasteiger partial charge is 0.338 e. The van der Waals surface area contributed by atoms with Crippen molar-refractivity contribution in [3.05, 3.63) is 53.6 Å². The molecule has 0 bridgehead atoms.